The Bertz CT molecular complexity index is 2040. The third-order valence-electron chi connectivity index (χ3n) is 9.68. The van der Waals surface area contributed by atoms with Gasteiger partial charge in [0.1, 0.15) is 35.2 Å². The molecular formula is C36H35F2N7O3. The number of pyridine rings is 1. The van der Waals surface area contributed by atoms with Gasteiger partial charge in [-0.1, -0.05) is 18.6 Å². The van der Waals surface area contributed by atoms with Gasteiger partial charge in [0.15, 0.2) is 5.82 Å². The number of ether oxygens (including phenoxy) is 1. The first-order valence-corrected chi connectivity index (χ1v) is 15.7. The van der Waals surface area contributed by atoms with Gasteiger partial charge in [0.05, 0.1) is 28.5 Å². The lowest BCUT2D eigenvalue weighted by Gasteiger charge is -2.34. The highest BCUT2D eigenvalue weighted by Gasteiger charge is 2.46. The first-order chi connectivity index (χ1) is 23.0. The Labute approximate surface area is 277 Å². The lowest BCUT2D eigenvalue weighted by atomic mass is 9.83. The summed E-state index contributed by atoms with van der Waals surface area (Å²) in [6, 6.07) is 7.27. The van der Waals surface area contributed by atoms with Crippen molar-refractivity contribution in [2.75, 3.05) is 45.2 Å². The van der Waals surface area contributed by atoms with Gasteiger partial charge in [-0.3, -0.25) is 9.78 Å². The fourth-order valence-corrected chi connectivity index (χ4v) is 6.85. The molecule has 0 radical (unpaired) electrons. The highest BCUT2D eigenvalue weighted by atomic mass is 19.1. The SMILES string of the molecule is C#Cc1c(F)ccc2cc(O)cc(-c3ncc4c(N(C)C[C@H]5N(C(=O)C=C)CCC5(C)C#N)nc(OC[C@@H]5CCCN5C)nc4c3F)c12. The summed E-state index contributed by atoms with van der Waals surface area (Å²) in [6.07, 6.45) is 10.7. The van der Waals surface area contributed by atoms with Crippen LogP contribution >= 0.6 is 0 Å². The lowest BCUT2D eigenvalue weighted by molar-refractivity contribution is -0.127. The Morgan fingerprint density at radius 1 is 1.31 bits per heavy atom. The number of phenols is 1. The van der Waals surface area contributed by atoms with Crippen LogP contribution in [0.3, 0.4) is 0 Å². The Hall–Kier alpha value is -5.33. The average molecular weight is 652 g/mol. The van der Waals surface area contributed by atoms with E-state index in [2.05, 4.69) is 38.4 Å². The van der Waals surface area contributed by atoms with Crippen molar-refractivity contribution in [3.63, 3.8) is 0 Å². The highest BCUT2D eigenvalue weighted by molar-refractivity contribution is 6.03. The third-order valence-corrected chi connectivity index (χ3v) is 9.68. The molecule has 48 heavy (non-hydrogen) atoms. The number of likely N-dealkylation sites (N-methyl/N-ethyl adjacent to an activating group) is 2. The molecule has 1 N–H and O–H groups in total. The maximum absolute atomic E-state index is 16.8. The van der Waals surface area contributed by atoms with E-state index in [4.69, 9.17) is 11.2 Å². The second kappa shape index (κ2) is 12.7. The van der Waals surface area contributed by atoms with Crippen molar-refractivity contribution in [2.24, 2.45) is 5.41 Å². The van der Waals surface area contributed by atoms with Crippen LogP contribution in [0.2, 0.25) is 0 Å². The number of phenolic OH excluding ortho intramolecular Hbond substituents is 1. The van der Waals surface area contributed by atoms with Crippen molar-refractivity contribution >= 4 is 33.4 Å². The van der Waals surface area contributed by atoms with Gasteiger partial charge >= 0.3 is 6.01 Å². The first-order valence-electron chi connectivity index (χ1n) is 15.7. The minimum absolute atomic E-state index is 0.0645. The normalized spacial score (nSPS) is 20.9. The quantitative estimate of drug-likeness (QED) is 0.207. The number of carbonyl (C=O) groups is 1. The number of hydrogen-bond acceptors (Lipinski definition) is 9. The number of benzene rings is 2. The number of hydrogen-bond donors (Lipinski definition) is 1. The molecule has 2 fully saturated rings. The molecule has 10 nitrogen and oxygen atoms in total. The molecule has 3 atom stereocenters. The maximum Gasteiger partial charge on any atom is 0.319 e. The van der Waals surface area contributed by atoms with E-state index in [1.165, 1.54) is 36.5 Å². The topological polar surface area (TPSA) is 119 Å². The van der Waals surface area contributed by atoms with E-state index in [1.807, 2.05) is 14.0 Å². The molecule has 246 valence electrons. The number of carbonyl (C=O) groups excluding carboxylic acids is 1. The molecule has 1 amide bonds. The molecule has 0 spiro atoms. The van der Waals surface area contributed by atoms with Crippen LogP contribution in [-0.2, 0) is 4.79 Å². The third kappa shape index (κ3) is 5.62. The number of rotatable bonds is 8. The summed E-state index contributed by atoms with van der Waals surface area (Å²) >= 11 is 0. The van der Waals surface area contributed by atoms with E-state index < -0.39 is 23.1 Å². The average Bonchev–Trinajstić information content (AvgIpc) is 3.65. The van der Waals surface area contributed by atoms with Gasteiger partial charge in [-0.2, -0.15) is 15.2 Å². The lowest BCUT2D eigenvalue weighted by Crippen LogP contribution is -2.47. The Morgan fingerprint density at radius 3 is 2.79 bits per heavy atom. The maximum atomic E-state index is 16.8. The molecule has 12 heteroatoms. The largest absolute Gasteiger partial charge is 0.508 e. The van der Waals surface area contributed by atoms with Gasteiger partial charge in [0.25, 0.3) is 0 Å². The van der Waals surface area contributed by atoms with Gasteiger partial charge in [-0.15, -0.1) is 6.42 Å². The van der Waals surface area contributed by atoms with E-state index in [0.29, 0.717) is 18.4 Å². The summed E-state index contributed by atoms with van der Waals surface area (Å²) in [5, 5.41) is 21.5. The molecule has 0 bridgehead atoms. The zero-order chi connectivity index (χ0) is 34.3. The number of nitriles is 1. The molecule has 2 aliphatic heterocycles. The molecule has 0 aliphatic carbocycles. The monoisotopic (exact) mass is 651 g/mol. The van der Waals surface area contributed by atoms with Gasteiger partial charge in [-0.25, -0.2) is 8.78 Å². The van der Waals surface area contributed by atoms with Crippen molar-refractivity contribution in [3.8, 4) is 41.4 Å². The van der Waals surface area contributed by atoms with E-state index >= 15 is 4.39 Å². The van der Waals surface area contributed by atoms with E-state index in [9.17, 15) is 19.6 Å². The molecule has 2 saturated heterocycles. The predicted octanol–water partition coefficient (Wildman–Crippen LogP) is 5.04. The molecule has 2 aliphatic rings. The summed E-state index contributed by atoms with van der Waals surface area (Å²) in [4.78, 5) is 31.9. The minimum atomic E-state index is -0.849. The van der Waals surface area contributed by atoms with Crippen LogP contribution in [0.4, 0.5) is 14.6 Å². The zero-order valence-electron chi connectivity index (χ0n) is 27.0. The predicted molar refractivity (Wildman–Crippen MR) is 178 cm³/mol. The number of halogens is 2. The Morgan fingerprint density at radius 2 is 2.10 bits per heavy atom. The molecule has 2 aromatic carbocycles. The summed E-state index contributed by atoms with van der Waals surface area (Å²) in [5.41, 5.74) is -1.16. The van der Waals surface area contributed by atoms with Crippen molar-refractivity contribution in [3.05, 3.63) is 60.3 Å². The standard InChI is InChI=1S/C36H35F2N7O3/c1-6-24-27(37)11-10-21-15-23(46)16-25(30(21)24)32-31(38)33-26(17-40-32)34(42-35(41-33)48-19-22-9-8-13-43(22)4)44(5)18-28-36(3,20-39)12-14-45(28)29(47)7-2/h1,7,10-11,15-17,22,28,46H,2,8-9,12-14,18-19H2,3-5H3/t22-,28+,36?/m0/s1. The molecule has 6 rings (SSSR count). The Kier molecular flexibility index (Phi) is 8.63. The highest BCUT2D eigenvalue weighted by Crippen LogP contribution is 2.40. The second-order valence-corrected chi connectivity index (χ2v) is 12.7. The van der Waals surface area contributed by atoms with Crippen LogP contribution in [0.15, 0.2) is 43.1 Å². The molecule has 1 unspecified atom stereocenters. The van der Waals surface area contributed by atoms with E-state index in [0.717, 1.165) is 19.4 Å². The number of amides is 1. The van der Waals surface area contributed by atoms with Crippen molar-refractivity contribution < 1.29 is 23.4 Å². The second-order valence-electron chi connectivity index (χ2n) is 12.7. The van der Waals surface area contributed by atoms with Crippen LogP contribution in [0.5, 0.6) is 11.8 Å². The number of aromatic hydroxyl groups is 1. The summed E-state index contributed by atoms with van der Waals surface area (Å²) in [5.74, 6) is 0.635. The zero-order valence-corrected chi connectivity index (χ0v) is 27.0. The van der Waals surface area contributed by atoms with Gasteiger partial charge < -0.3 is 24.5 Å². The number of anilines is 1. The van der Waals surface area contributed by atoms with Gasteiger partial charge in [0.2, 0.25) is 5.91 Å². The smallest absolute Gasteiger partial charge is 0.319 e. The van der Waals surface area contributed by atoms with Crippen molar-refractivity contribution in [1.82, 2.24) is 24.8 Å². The minimum Gasteiger partial charge on any atom is -0.508 e. The number of nitrogens with zero attached hydrogens (tertiary/aromatic N) is 7. The fourth-order valence-electron chi connectivity index (χ4n) is 6.85. The summed E-state index contributed by atoms with van der Waals surface area (Å²) in [7, 11) is 3.75. The molecule has 2 aromatic heterocycles. The fraction of sp³-hybridized carbons (Fsp3) is 0.361. The molecular weight excluding hydrogens is 616 g/mol. The molecule has 4 heterocycles. The van der Waals surface area contributed by atoms with Gasteiger partial charge in [-0.05, 0) is 69.4 Å². The summed E-state index contributed by atoms with van der Waals surface area (Å²) < 4.78 is 37.7. The first kappa shape index (κ1) is 32.6. The van der Waals surface area contributed by atoms with Gasteiger partial charge in [0, 0.05) is 43.3 Å². The van der Waals surface area contributed by atoms with Crippen LogP contribution in [0.25, 0.3) is 32.9 Å². The van der Waals surface area contributed by atoms with Crippen LogP contribution in [0, 0.1) is 40.7 Å². The summed E-state index contributed by atoms with van der Waals surface area (Å²) in [6.45, 7) is 7.22. The Balaban J connectivity index is 1.50. The molecule has 4 aromatic rings. The number of likely N-dealkylation sites (tertiary alicyclic amines) is 2. The number of fused-ring (bicyclic) bond motifs is 2. The van der Waals surface area contributed by atoms with E-state index in [-0.39, 0.29) is 75.8 Å². The van der Waals surface area contributed by atoms with Crippen molar-refractivity contribution in [2.45, 2.75) is 38.3 Å². The number of aromatic nitrogens is 3. The van der Waals surface area contributed by atoms with Crippen LogP contribution in [-0.4, -0.2) is 88.2 Å². The van der Waals surface area contributed by atoms with Crippen molar-refractivity contribution in [1.29, 1.82) is 5.26 Å². The van der Waals surface area contributed by atoms with E-state index in [1.54, 1.807) is 16.8 Å². The number of terminal acetylenes is 1. The van der Waals surface area contributed by atoms with Crippen LogP contribution in [0.1, 0.15) is 31.7 Å². The molecule has 0 saturated carbocycles. The van der Waals surface area contributed by atoms with Crippen LogP contribution < -0.4 is 9.64 Å².